The summed E-state index contributed by atoms with van der Waals surface area (Å²) in [5.74, 6) is -0.767. The molecule has 0 atom stereocenters. The van der Waals surface area contributed by atoms with Crippen molar-refractivity contribution in [2.45, 2.75) is 0 Å². The van der Waals surface area contributed by atoms with Gasteiger partial charge in [0.2, 0.25) is 0 Å². The zero-order chi connectivity index (χ0) is 11.3. The molecule has 0 saturated carbocycles. The summed E-state index contributed by atoms with van der Waals surface area (Å²) < 4.78 is 5.08. The van der Waals surface area contributed by atoms with E-state index < -0.39 is 5.97 Å². The smallest absolute Gasteiger partial charge is 0.335 e. The molecule has 0 radical (unpaired) electrons. The largest absolute Gasteiger partial charge is 0.485 e. The zero-order valence-electron chi connectivity index (χ0n) is 7.97. The topological polar surface area (TPSA) is 63.6 Å². The van der Waals surface area contributed by atoms with Crippen LogP contribution < -0.4 is 4.74 Å². The standard InChI is InChI=1S/C11H10O4/c1-2-9(12)7-15-10-5-3-8(4-6-10)11(13)14/h2-6H,1,7H2,(H,13,14). The summed E-state index contributed by atoms with van der Waals surface area (Å²) in [6.07, 6.45) is 1.17. The predicted molar refractivity (Wildman–Crippen MR) is 54.1 cm³/mol. The van der Waals surface area contributed by atoms with Crippen LogP contribution in [0.25, 0.3) is 0 Å². The Balaban J connectivity index is 2.60. The number of ketones is 1. The first-order chi connectivity index (χ1) is 7.13. The Labute approximate surface area is 86.8 Å². The third-order valence-electron chi connectivity index (χ3n) is 1.71. The number of aromatic carboxylic acids is 1. The van der Waals surface area contributed by atoms with Gasteiger partial charge in [-0.15, -0.1) is 0 Å². The quantitative estimate of drug-likeness (QED) is 0.742. The molecule has 0 heterocycles. The van der Waals surface area contributed by atoms with Crippen LogP contribution in [0, 0.1) is 0 Å². The van der Waals surface area contributed by atoms with Gasteiger partial charge in [-0.05, 0) is 30.3 Å². The van der Waals surface area contributed by atoms with Gasteiger partial charge in [-0.1, -0.05) is 6.58 Å². The first kappa shape index (κ1) is 11.0. The molecule has 1 aromatic carbocycles. The van der Waals surface area contributed by atoms with E-state index in [2.05, 4.69) is 6.58 Å². The molecule has 0 aliphatic heterocycles. The van der Waals surface area contributed by atoms with E-state index in [4.69, 9.17) is 9.84 Å². The van der Waals surface area contributed by atoms with E-state index in [1.807, 2.05) is 0 Å². The predicted octanol–water partition coefficient (Wildman–Crippen LogP) is 1.52. The van der Waals surface area contributed by atoms with Crippen molar-refractivity contribution in [2.75, 3.05) is 6.61 Å². The van der Waals surface area contributed by atoms with E-state index in [1.165, 1.54) is 30.3 Å². The van der Waals surface area contributed by atoms with Crippen molar-refractivity contribution in [3.8, 4) is 5.75 Å². The van der Waals surface area contributed by atoms with Crippen molar-refractivity contribution >= 4 is 11.8 Å². The number of carbonyl (C=O) groups is 2. The lowest BCUT2D eigenvalue weighted by Gasteiger charge is -2.03. The number of hydrogen-bond donors (Lipinski definition) is 1. The molecule has 0 aromatic heterocycles. The molecule has 4 heteroatoms. The second-order valence-corrected chi connectivity index (χ2v) is 2.79. The third kappa shape index (κ3) is 3.27. The zero-order valence-corrected chi connectivity index (χ0v) is 7.97. The molecule has 78 valence electrons. The molecule has 0 aliphatic carbocycles. The van der Waals surface area contributed by atoms with Crippen molar-refractivity contribution in [2.24, 2.45) is 0 Å². The van der Waals surface area contributed by atoms with Crippen molar-refractivity contribution < 1.29 is 19.4 Å². The minimum absolute atomic E-state index is 0.0874. The Bertz CT molecular complexity index is 378. The van der Waals surface area contributed by atoms with Crippen molar-refractivity contribution in [3.05, 3.63) is 42.5 Å². The summed E-state index contributed by atoms with van der Waals surface area (Å²) in [7, 11) is 0. The van der Waals surface area contributed by atoms with Gasteiger partial charge in [0, 0.05) is 0 Å². The highest BCUT2D eigenvalue weighted by Gasteiger charge is 2.02. The van der Waals surface area contributed by atoms with Gasteiger partial charge in [0.15, 0.2) is 12.4 Å². The van der Waals surface area contributed by atoms with Crippen LogP contribution in [0.1, 0.15) is 10.4 Å². The molecular formula is C11H10O4. The fourth-order valence-electron chi connectivity index (χ4n) is 0.907. The van der Waals surface area contributed by atoms with Crippen LogP contribution in [-0.4, -0.2) is 23.5 Å². The van der Waals surface area contributed by atoms with Crippen LogP contribution in [0.15, 0.2) is 36.9 Å². The first-order valence-corrected chi connectivity index (χ1v) is 4.25. The molecule has 1 rings (SSSR count). The fraction of sp³-hybridized carbons (Fsp3) is 0.0909. The van der Waals surface area contributed by atoms with Crippen LogP contribution >= 0.6 is 0 Å². The normalized spacial score (nSPS) is 9.33. The summed E-state index contributed by atoms with van der Waals surface area (Å²) in [5, 5.41) is 8.62. The van der Waals surface area contributed by atoms with Gasteiger partial charge in [0.25, 0.3) is 0 Å². The van der Waals surface area contributed by atoms with Gasteiger partial charge in [-0.25, -0.2) is 4.79 Å². The van der Waals surface area contributed by atoms with Crippen LogP contribution in [0.4, 0.5) is 0 Å². The number of carboxylic acids is 1. The average Bonchev–Trinajstić information content (AvgIpc) is 2.26. The van der Waals surface area contributed by atoms with Crippen LogP contribution in [0.2, 0.25) is 0 Å². The van der Waals surface area contributed by atoms with Crippen LogP contribution in [0.5, 0.6) is 5.75 Å². The molecule has 0 fully saturated rings. The second kappa shape index (κ2) is 4.95. The van der Waals surface area contributed by atoms with E-state index in [1.54, 1.807) is 0 Å². The van der Waals surface area contributed by atoms with Gasteiger partial charge in [-0.2, -0.15) is 0 Å². The molecule has 0 amide bonds. The summed E-state index contributed by atoms with van der Waals surface area (Å²) in [4.78, 5) is 21.3. The Hall–Kier alpha value is -2.10. The molecule has 4 nitrogen and oxygen atoms in total. The SMILES string of the molecule is C=CC(=O)COc1ccc(C(=O)O)cc1. The lowest BCUT2D eigenvalue weighted by atomic mass is 10.2. The Morgan fingerprint density at radius 3 is 2.40 bits per heavy atom. The van der Waals surface area contributed by atoms with Gasteiger partial charge in [-0.3, -0.25) is 4.79 Å². The van der Waals surface area contributed by atoms with E-state index in [0.29, 0.717) is 5.75 Å². The minimum Gasteiger partial charge on any atom is -0.485 e. The van der Waals surface area contributed by atoms with Crippen LogP contribution in [-0.2, 0) is 4.79 Å². The summed E-state index contributed by atoms with van der Waals surface area (Å²) in [6.45, 7) is 3.22. The minimum atomic E-state index is -0.997. The lowest BCUT2D eigenvalue weighted by Crippen LogP contribution is -2.07. The molecule has 0 aliphatic rings. The second-order valence-electron chi connectivity index (χ2n) is 2.79. The molecule has 0 bridgehead atoms. The Kier molecular flexibility index (Phi) is 3.62. The molecule has 0 unspecified atom stereocenters. The van der Waals surface area contributed by atoms with Crippen molar-refractivity contribution in [1.29, 1.82) is 0 Å². The van der Waals surface area contributed by atoms with Crippen molar-refractivity contribution in [3.63, 3.8) is 0 Å². The van der Waals surface area contributed by atoms with Gasteiger partial charge in [0.1, 0.15) is 5.75 Å². The Morgan fingerprint density at radius 2 is 1.93 bits per heavy atom. The number of benzene rings is 1. The van der Waals surface area contributed by atoms with Crippen molar-refractivity contribution in [1.82, 2.24) is 0 Å². The molecule has 1 aromatic rings. The first-order valence-electron chi connectivity index (χ1n) is 4.25. The highest BCUT2D eigenvalue weighted by Crippen LogP contribution is 2.11. The molecule has 15 heavy (non-hydrogen) atoms. The average molecular weight is 206 g/mol. The maximum absolute atomic E-state index is 10.8. The third-order valence-corrected chi connectivity index (χ3v) is 1.71. The molecular weight excluding hydrogens is 196 g/mol. The maximum Gasteiger partial charge on any atom is 0.335 e. The van der Waals surface area contributed by atoms with Crippen LogP contribution in [0.3, 0.4) is 0 Å². The van der Waals surface area contributed by atoms with Gasteiger partial charge < -0.3 is 9.84 Å². The maximum atomic E-state index is 10.8. The summed E-state index contributed by atoms with van der Waals surface area (Å²) in [5.41, 5.74) is 0.178. The van der Waals surface area contributed by atoms with E-state index >= 15 is 0 Å². The molecule has 1 N–H and O–H groups in total. The number of carbonyl (C=O) groups excluding carboxylic acids is 1. The fourth-order valence-corrected chi connectivity index (χ4v) is 0.907. The highest BCUT2D eigenvalue weighted by atomic mass is 16.5. The Morgan fingerprint density at radius 1 is 1.33 bits per heavy atom. The van der Waals surface area contributed by atoms with E-state index in [0.717, 1.165) is 0 Å². The lowest BCUT2D eigenvalue weighted by molar-refractivity contribution is -0.116. The summed E-state index contributed by atoms with van der Waals surface area (Å²) in [6, 6.07) is 5.83. The highest BCUT2D eigenvalue weighted by molar-refractivity contribution is 5.90. The monoisotopic (exact) mass is 206 g/mol. The number of hydrogen-bond acceptors (Lipinski definition) is 3. The number of carboxylic acid groups (broad SMARTS) is 1. The van der Waals surface area contributed by atoms with Gasteiger partial charge in [0.05, 0.1) is 5.56 Å². The van der Waals surface area contributed by atoms with Gasteiger partial charge >= 0.3 is 5.97 Å². The number of rotatable bonds is 5. The van der Waals surface area contributed by atoms with E-state index in [9.17, 15) is 9.59 Å². The number of ether oxygens (including phenoxy) is 1. The molecule has 0 spiro atoms. The van der Waals surface area contributed by atoms with E-state index in [-0.39, 0.29) is 18.0 Å². The summed E-state index contributed by atoms with van der Waals surface area (Å²) >= 11 is 0. The molecule has 0 saturated heterocycles.